The Morgan fingerprint density at radius 1 is 0.733 bits per heavy atom. The van der Waals surface area contributed by atoms with Gasteiger partial charge in [-0.05, 0) is 69.2 Å². The van der Waals surface area contributed by atoms with Crippen molar-refractivity contribution in [2.75, 3.05) is 0 Å². The predicted octanol–water partition coefficient (Wildman–Crippen LogP) is 4.00. The summed E-state index contributed by atoms with van der Waals surface area (Å²) in [5, 5.41) is 7.97. The molecule has 1 saturated heterocycles. The summed E-state index contributed by atoms with van der Waals surface area (Å²) in [7, 11) is 0. The molecule has 6 heteroatoms. The number of carbonyl (C=O) groups excluding carboxylic acids is 4. The lowest BCUT2D eigenvalue weighted by atomic mass is 9.77. The van der Waals surface area contributed by atoms with Crippen LogP contribution in [0.3, 0.4) is 0 Å². The SMILES string of the molecule is CC1=C(C)C(=O)C(C)=C(C)C1=O.CC1=C(C)C(=O)C2(C)OC2(C)C1=O.[2H]C(C)(C)C#N. The summed E-state index contributed by atoms with van der Waals surface area (Å²) in [4.78, 5) is 46.3. The van der Waals surface area contributed by atoms with Crippen molar-refractivity contribution in [1.82, 2.24) is 0 Å². The highest BCUT2D eigenvalue weighted by atomic mass is 16.6. The topological polar surface area (TPSA) is 105 Å². The van der Waals surface area contributed by atoms with Crippen LogP contribution in [-0.4, -0.2) is 34.3 Å². The second-order valence-electron chi connectivity index (χ2n) is 8.35. The van der Waals surface area contributed by atoms with E-state index >= 15 is 0 Å². The number of epoxide rings is 1. The van der Waals surface area contributed by atoms with Crippen molar-refractivity contribution in [3.05, 3.63) is 33.4 Å². The second kappa shape index (κ2) is 8.61. The van der Waals surface area contributed by atoms with Gasteiger partial charge in [0, 0.05) is 40.7 Å². The van der Waals surface area contributed by atoms with Crippen LogP contribution in [0.5, 0.6) is 0 Å². The van der Waals surface area contributed by atoms with Crippen molar-refractivity contribution in [2.24, 2.45) is 5.89 Å². The van der Waals surface area contributed by atoms with Crippen molar-refractivity contribution in [1.29, 1.82) is 5.26 Å². The van der Waals surface area contributed by atoms with Crippen LogP contribution in [-0.2, 0) is 23.9 Å². The number of nitriles is 1. The smallest absolute Gasteiger partial charge is 0.193 e. The van der Waals surface area contributed by atoms with Crippen LogP contribution in [0.25, 0.3) is 0 Å². The van der Waals surface area contributed by atoms with E-state index in [1.54, 1.807) is 75.3 Å². The molecular formula is C24H31NO5. The standard InChI is InChI=1S/C10H12O3.C10H12O2.C4H7N/c1-5-6(2)8(12)10(4)9(3,13-10)7(5)11;1-5-6(2)10(12)8(4)7(3)9(5)11;1-4(2)3-5/h1-4H3;1-4H3;4H,1-2H3/i;;4D. The molecule has 30 heavy (non-hydrogen) atoms. The Kier molecular flexibility index (Phi) is 6.78. The first-order valence-corrected chi connectivity index (χ1v) is 9.70. The molecule has 0 aromatic carbocycles. The van der Waals surface area contributed by atoms with Crippen LogP contribution in [0.15, 0.2) is 33.4 Å². The largest absolute Gasteiger partial charge is 0.346 e. The van der Waals surface area contributed by atoms with Gasteiger partial charge in [-0.1, -0.05) is 0 Å². The molecule has 3 aliphatic rings. The van der Waals surface area contributed by atoms with E-state index in [1.807, 2.05) is 0 Å². The fourth-order valence-electron chi connectivity index (χ4n) is 3.21. The molecule has 0 saturated carbocycles. The molecule has 0 N–H and O–H groups in total. The van der Waals surface area contributed by atoms with Crippen LogP contribution in [0.4, 0.5) is 0 Å². The van der Waals surface area contributed by atoms with Crippen LogP contribution in [0, 0.1) is 17.2 Å². The quantitative estimate of drug-likeness (QED) is 0.438. The van der Waals surface area contributed by atoms with E-state index in [-0.39, 0.29) is 23.1 Å². The molecule has 2 atom stereocenters. The summed E-state index contributed by atoms with van der Waals surface area (Å²) >= 11 is 0. The molecule has 1 heterocycles. The van der Waals surface area contributed by atoms with Gasteiger partial charge in [0.15, 0.2) is 34.3 Å². The predicted molar refractivity (Wildman–Crippen MR) is 113 cm³/mol. The van der Waals surface area contributed by atoms with Crippen molar-refractivity contribution < 1.29 is 25.3 Å². The zero-order valence-electron chi connectivity index (χ0n) is 20.5. The Balaban J connectivity index is 0.000000249. The lowest BCUT2D eigenvalue weighted by Crippen LogP contribution is -2.41. The maximum absolute atomic E-state index is 11.7. The van der Waals surface area contributed by atoms with Gasteiger partial charge < -0.3 is 4.74 Å². The first-order chi connectivity index (χ1) is 13.9. The van der Waals surface area contributed by atoms with Gasteiger partial charge in [0.2, 0.25) is 0 Å². The average Bonchev–Trinajstić information content (AvgIpc) is 3.30. The Hall–Kier alpha value is -2.65. The van der Waals surface area contributed by atoms with Gasteiger partial charge >= 0.3 is 0 Å². The van der Waals surface area contributed by atoms with Gasteiger partial charge in [0.25, 0.3) is 0 Å². The highest BCUT2D eigenvalue weighted by Gasteiger charge is 2.74. The molecule has 3 rings (SSSR count). The lowest BCUT2D eigenvalue weighted by Gasteiger charge is -2.18. The second-order valence-corrected chi connectivity index (χ2v) is 8.35. The minimum atomic E-state index is -0.903. The summed E-state index contributed by atoms with van der Waals surface area (Å²) in [6, 6.07) is 1.77. The zero-order valence-corrected chi connectivity index (χ0v) is 19.5. The van der Waals surface area contributed by atoms with Crippen molar-refractivity contribution in [3.63, 3.8) is 0 Å². The maximum Gasteiger partial charge on any atom is 0.193 e. The number of rotatable bonds is 0. The minimum absolute atomic E-state index is 0.00426. The number of Topliss-reactive ketones (excluding diaryl/α,β-unsaturated/α-hetero) is 4. The molecule has 0 spiro atoms. The van der Waals surface area contributed by atoms with Gasteiger partial charge in [-0.2, -0.15) is 5.26 Å². The molecule has 0 aromatic heterocycles. The van der Waals surface area contributed by atoms with E-state index < -0.39 is 17.1 Å². The minimum Gasteiger partial charge on any atom is -0.346 e. The summed E-state index contributed by atoms with van der Waals surface area (Å²) in [5.74, 6) is -0.992. The van der Waals surface area contributed by atoms with E-state index in [2.05, 4.69) is 0 Å². The molecule has 0 radical (unpaired) electrons. The van der Waals surface area contributed by atoms with E-state index in [4.69, 9.17) is 11.4 Å². The Morgan fingerprint density at radius 2 is 0.967 bits per heavy atom. The summed E-state index contributed by atoms with van der Waals surface area (Å²) in [6.45, 7) is 16.6. The van der Waals surface area contributed by atoms with Gasteiger partial charge in [0.1, 0.15) is 0 Å². The fraction of sp³-hybridized carbons (Fsp3) is 0.542. The zero-order chi connectivity index (χ0) is 24.7. The van der Waals surface area contributed by atoms with Crippen LogP contribution >= 0.6 is 0 Å². The Labute approximate surface area is 180 Å². The number of carbonyl (C=O) groups is 4. The number of ether oxygens (including phenoxy) is 1. The number of ketones is 4. The third-order valence-corrected chi connectivity index (χ3v) is 6.10. The molecule has 162 valence electrons. The molecular weight excluding hydrogens is 382 g/mol. The molecule has 1 aliphatic heterocycles. The first kappa shape index (κ1) is 23.6. The third kappa shape index (κ3) is 4.13. The van der Waals surface area contributed by atoms with Crippen molar-refractivity contribution in [3.8, 4) is 6.07 Å². The molecule has 1 fully saturated rings. The van der Waals surface area contributed by atoms with Gasteiger partial charge in [-0.3, -0.25) is 19.2 Å². The highest BCUT2D eigenvalue weighted by molar-refractivity contribution is 6.24. The summed E-state index contributed by atoms with van der Waals surface area (Å²) in [5.41, 5.74) is 1.67. The van der Waals surface area contributed by atoms with Gasteiger partial charge in [0.05, 0.1) is 6.07 Å². The van der Waals surface area contributed by atoms with E-state index in [1.165, 1.54) is 0 Å². The third-order valence-electron chi connectivity index (χ3n) is 6.10. The number of allylic oxidation sites excluding steroid dienone is 4. The maximum atomic E-state index is 11.7. The average molecular weight is 415 g/mol. The fourth-order valence-corrected chi connectivity index (χ4v) is 3.21. The summed E-state index contributed by atoms with van der Waals surface area (Å²) in [6.07, 6.45) is 0. The molecule has 6 nitrogen and oxygen atoms in total. The van der Waals surface area contributed by atoms with E-state index in [0.29, 0.717) is 33.4 Å². The molecule has 0 aromatic rings. The van der Waals surface area contributed by atoms with Crippen molar-refractivity contribution >= 4 is 23.1 Å². The number of hydrogen-bond acceptors (Lipinski definition) is 6. The normalized spacial score (nSPS) is 28.8. The van der Waals surface area contributed by atoms with E-state index in [0.717, 1.165) is 0 Å². The van der Waals surface area contributed by atoms with Gasteiger partial charge in [-0.15, -0.1) is 0 Å². The van der Waals surface area contributed by atoms with Crippen LogP contribution < -0.4 is 0 Å². The summed E-state index contributed by atoms with van der Waals surface area (Å²) < 4.78 is 12.1. The first-order valence-electron chi connectivity index (χ1n) is 10.2. The number of fused-ring (bicyclic) bond motifs is 1. The molecule has 0 amide bonds. The number of hydrogen-bond donors (Lipinski definition) is 0. The van der Waals surface area contributed by atoms with Crippen LogP contribution in [0.1, 0.15) is 70.6 Å². The van der Waals surface area contributed by atoms with E-state index in [9.17, 15) is 19.2 Å². The Morgan fingerprint density at radius 3 is 1.17 bits per heavy atom. The van der Waals surface area contributed by atoms with Gasteiger partial charge in [-0.25, -0.2) is 0 Å². The van der Waals surface area contributed by atoms with Crippen molar-refractivity contribution in [2.45, 2.75) is 80.4 Å². The highest BCUT2D eigenvalue weighted by Crippen LogP contribution is 2.54. The van der Waals surface area contributed by atoms with Crippen LogP contribution in [0.2, 0.25) is 0 Å². The molecule has 2 aliphatic carbocycles. The molecule has 0 bridgehead atoms. The monoisotopic (exact) mass is 414 g/mol. The Bertz CT molecular complexity index is 920. The number of nitrogens with zero attached hydrogens (tertiary/aromatic N) is 1. The lowest BCUT2D eigenvalue weighted by molar-refractivity contribution is -0.124. The molecule has 2 unspecified atom stereocenters.